The molecule has 6 rings (SSSR count). The molecule has 0 spiro atoms. The molecule has 2 aliphatic rings. The monoisotopic (exact) mass is 570 g/mol. The first kappa shape index (κ1) is 26.9. The van der Waals surface area contributed by atoms with Crippen LogP contribution in [0.5, 0.6) is 11.6 Å². The Morgan fingerprint density at radius 2 is 1.93 bits per heavy atom. The van der Waals surface area contributed by atoms with E-state index >= 15 is 0 Å². The third-order valence-electron chi connectivity index (χ3n) is 7.89. The number of nitrogens with zero attached hydrogens (tertiary/aromatic N) is 2. The Balaban J connectivity index is 1.38. The maximum Gasteiger partial charge on any atom is 0.262 e. The lowest BCUT2D eigenvalue weighted by molar-refractivity contribution is -0.130. The highest BCUT2D eigenvalue weighted by Gasteiger charge is 2.48. The highest BCUT2D eigenvalue weighted by atomic mass is 32.1. The molecular weight excluding hydrogens is 540 g/mol. The standard InChI is InChI=1S/C30H30N6O4S/c1-16(37)36-14-4-5-18(15-36)35-29(39)27-24-23-20(11-12-21(31)26(23)41-27)30(33,28(38)25(24)32)17-7-9-19(10-8-17)40-22-6-2-3-13-34-22/h2-3,6-13,18,25H,4-5,14-15,31-33H2,1H3,(H,35,39). The fraction of sp³-hybridized carbons (Fsp3) is 0.267. The van der Waals surface area contributed by atoms with Crippen LogP contribution in [0.25, 0.3) is 10.1 Å². The minimum Gasteiger partial charge on any atom is -0.439 e. The van der Waals surface area contributed by atoms with Crippen molar-refractivity contribution in [1.29, 1.82) is 0 Å². The summed E-state index contributed by atoms with van der Waals surface area (Å²) in [6, 6.07) is 14.4. The number of likely N-dealkylation sites (tertiary alicyclic amines) is 1. The normalized spacial score (nSPS) is 22.0. The van der Waals surface area contributed by atoms with Gasteiger partial charge in [0.05, 0.1) is 15.6 Å². The van der Waals surface area contributed by atoms with Gasteiger partial charge in [-0.05, 0) is 48.2 Å². The van der Waals surface area contributed by atoms with Crippen LogP contribution in [0, 0.1) is 0 Å². The molecule has 2 amide bonds. The summed E-state index contributed by atoms with van der Waals surface area (Å²) in [4.78, 5) is 45.7. The summed E-state index contributed by atoms with van der Waals surface area (Å²) in [5, 5.41) is 3.69. The van der Waals surface area contributed by atoms with Crippen LogP contribution in [0.3, 0.4) is 0 Å². The maximum atomic E-state index is 14.0. The number of carbonyl (C=O) groups excluding carboxylic acids is 3. The average molecular weight is 571 g/mol. The summed E-state index contributed by atoms with van der Waals surface area (Å²) in [5.74, 6) is 0.177. The quantitative estimate of drug-likeness (QED) is 0.265. The molecule has 0 bridgehead atoms. The van der Waals surface area contributed by atoms with Gasteiger partial charge in [-0.3, -0.25) is 14.4 Å². The number of piperidine rings is 1. The fourth-order valence-corrected chi connectivity index (χ4v) is 7.00. The number of ether oxygens (including phenoxy) is 1. The van der Waals surface area contributed by atoms with Gasteiger partial charge >= 0.3 is 0 Å². The molecule has 3 unspecified atom stereocenters. The Bertz CT molecular complexity index is 1670. The zero-order chi connectivity index (χ0) is 28.9. The molecule has 10 nitrogen and oxygen atoms in total. The van der Waals surface area contributed by atoms with Crippen LogP contribution in [0.1, 0.15) is 52.2 Å². The molecule has 1 aliphatic carbocycles. The third-order valence-corrected chi connectivity index (χ3v) is 9.14. The Morgan fingerprint density at radius 1 is 1.15 bits per heavy atom. The predicted octanol–water partition coefficient (Wildman–Crippen LogP) is 3.20. The van der Waals surface area contributed by atoms with Gasteiger partial charge in [0.2, 0.25) is 11.8 Å². The molecule has 2 aromatic heterocycles. The van der Waals surface area contributed by atoms with E-state index in [0.717, 1.165) is 12.8 Å². The summed E-state index contributed by atoms with van der Waals surface area (Å²) < 4.78 is 6.46. The summed E-state index contributed by atoms with van der Waals surface area (Å²) in [6.07, 6.45) is 3.18. The minimum absolute atomic E-state index is 0.0263. The SMILES string of the molecule is CC(=O)N1CCCC(NC(=O)c2sc3c(N)ccc4c3c2C(N)C(=O)C4(N)c2ccc(Oc3ccccn3)cc2)C1. The summed E-state index contributed by atoms with van der Waals surface area (Å²) in [5.41, 5.74) is 20.3. The lowest BCUT2D eigenvalue weighted by Gasteiger charge is -2.36. The second-order valence-corrected chi connectivity index (χ2v) is 11.5. The van der Waals surface area contributed by atoms with Crippen molar-refractivity contribution in [1.82, 2.24) is 15.2 Å². The van der Waals surface area contributed by atoms with Crippen molar-refractivity contribution < 1.29 is 19.1 Å². The van der Waals surface area contributed by atoms with E-state index in [1.54, 1.807) is 59.6 Å². The van der Waals surface area contributed by atoms with Crippen molar-refractivity contribution in [3.8, 4) is 11.6 Å². The molecular formula is C30H30N6O4S. The lowest BCUT2D eigenvalue weighted by atomic mass is 9.70. The van der Waals surface area contributed by atoms with Crippen molar-refractivity contribution in [2.45, 2.75) is 37.4 Å². The Hall–Kier alpha value is -4.32. The third kappa shape index (κ3) is 4.51. The highest BCUT2D eigenvalue weighted by molar-refractivity contribution is 7.21. The van der Waals surface area contributed by atoms with Crippen molar-refractivity contribution >= 4 is 44.7 Å². The first-order chi connectivity index (χ1) is 19.7. The topological polar surface area (TPSA) is 167 Å². The van der Waals surface area contributed by atoms with Gasteiger partial charge in [-0.15, -0.1) is 11.3 Å². The molecule has 41 heavy (non-hydrogen) atoms. The van der Waals surface area contributed by atoms with Gasteiger partial charge in [-0.25, -0.2) is 4.98 Å². The number of carbonyl (C=O) groups is 3. The summed E-state index contributed by atoms with van der Waals surface area (Å²) >= 11 is 1.21. The molecule has 1 saturated heterocycles. The Labute approximate surface area is 240 Å². The molecule has 0 saturated carbocycles. The molecule has 210 valence electrons. The number of nitrogens with two attached hydrogens (primary N) is 3. The molecule has 7 N–H and O–H groups in total. The van der Waals surface area contributed by atoms with E-state index in [2.05, 4.69) is 10.3 Å². The number of Topliss-reactive ketones (excluding diaryl/α,β-unsaturated/α-hetero) is 1. The second-order valence-electron chi connectivity index (χ2n) is 10.5. The van der Waals surface area contributed by atoms with Crippen molar-refractivity contribution in [2.24, 2.45) is 11.5 Å². The molecule has 3 atom stereocenters. The predicted molar refractivity (Wildman–Crippen MR) is 157 cm³/mol. The van der Waals surface area contributed by atoms with Crippen molar-refractivity contribution in [2.75, 3.05) is 18.8 Å². The van der Waals surface area contributed by atoms with Crippen LogP contribution in [0.15, 0.2) is 60.8 Å². The van der Waals surface area contributed by atoms with Gasteiger partial charge in [0.1, 0.15) is 11.3 Å². The van der Waals surface area contributed by atoms with E-state index in [0.29, 0.717) is 62.1 Å². The molecule has 4 aromatic rings. The Kier molecular flexibility index (Phi) is 6.72. The van der Waals surface area contributed by atoms with Gasteiger partial charge in [0, 0.05) is 55.0 Å². The van der Waals surface area contributed by atoms with E-state index in [9.17, 15) is 14.4 Å². The number of rotatable bonds is 5. The number of pyridine rings is 1. The van der Waals surface area contributed by atoms with Gasteiger partial charge in [0.15, 0.2) is 5.78 Å². The highest BCUT2D eigenvalue weighted by Crippen LogP contribution is 2.49. The first-order valence-electron chi connectivity index (χ1n) is 13.4. The number of ketones is 1. The number of nitrogens with one attached hydrogen (secondary N) is 1. The minimum atomic E-state index is -1.57. The molecule has 0 radical (unpaired) electrons. The zero-order valence-electron chi connectivity index (χ0n) is 22.4. The van der Waals surface area contributed by atoms with E-state index in [1.165, 1.54) is 18.3 Å². The van der Waals surface area contributed by atoms with Crippen LogP contribution >= 0.6 is 11.3 Å². The number of nitrogen functional groups attached to an aromatic ring is 1. The number of hydrogen-bond donors (Lipinski definition) is 4. The summed E-state index contributed by atoms with van der Waals surface area (Å²) in [7, 11) is 0. The van der Waals surface area contributed by atoms with Crippen LogP contribution in [-0.4, -0.2) is 46.6 Å². The number of thiophene rings is 1. The van der Waals surface area contributed by atoms with Crippen LogP contribution < -0.4 is 27.3 Å². The van der Waals surface area contributed by atoms with E-state index < -0.39 is 17.4 Å². The van der Waals surface area contributed by atoms with Gasteiger partial charge in [-0.1, -0.05) is 24.3 Å². The molecule has 1 aliphatic heterocycles. The average Bonchev–Trinajstić information content (AvgIpc) is 3.39. The zero-order valence-corrected chi connectivity index (χ0v) is 23.2. The number of hydrogen-bond acceptors (Lipinski definition) is 9. The van der Waals surface area contributed by atoms with Crippen LogP contribution in [-0.2, 0) is 15.1 Å². The molecule has 3 heterocycles. The molecule has 11 heteroatoms. The van der Waals surface area contributed by atoms with Crippen LogP contribution in [0.4, 0.5) is 5.69 Å². The number of anilines is 1. The van der Waals surface area contributed by atoms with Crippen LogP contribution in [0.2, 0.25) is 0 Å². The number of amides is 2. The summed E-state index contributed by atoms with van der Waals surface area (Å²) in [6.45, 7) is 2.63. The smallest absolute Gasteiger partial charge is 0.262 e. The van der Waals surface area contributed by atoms with E-state index in [-0.39, 0.29) is 17.9 Å². The second kappa shape index (κ2) is 10.3. The molecule has 2 aromatic carbocycles. The first-order valence-corrected chi connectivity index (χ1v) is 14.2. The van der Waals surface area contributed by atoms with Crippen molar-refractivity contribution in [3.05, 3.63) is 82.4 Å². The van der Waals surface area contributed by atoms with E-state index in [1.807, 2.05) is 6.07 Å². The van der Waals surface area contributed by atoms with E-state index in [4.69, 9.17) is 21.9 Å². The molecule has 1 fully saturated rings. The van der Waals surface area contributed by atoms with Gasteiger partial charge in [-0.2, -0.15) is 0 Å². The fourth-order valence-electron chi connectivity index (χ4n) is 5.79. The van der Waals surface area contributed by atoms with Crippen molar-refractivity contribution in [3.63, 3.8) is 0 Å². The Morgan fingerprint density at radius 3 is 2.63 bits per heavy atom. The van der Waals surface area contributed by atoms with Gasteiger partial charge in [0.25, 0.3) is 5.91 Å². The largest absolute Gasteiger partial charge is 0.439 e. The lowest BCUT2D eigenvalue weighted by Crippen LogP contribution is -2.53. The van der Waals surface area contributed by atoms with Gasteiger partial charge < -0.3 is 32.2 Å². The maximum absolute atomic E-state index is 14.0. The number of benzene rings is 2. The number of aromatic nitrogens is 1.